The van der Waals surface area contributed by atoms with Crippen molar-refractivity contribution < 1.29 is 19.1 Å². The molecule has 2 fully saturated rings. The molecule has 0 N–H and O–H groups in total. The third-order valence-corrected chi connectivity index (χ3v) is 5.83. The van der Waals surface area contributed by atoms with E-state index in [4.69, 9.17) is 4.74 Å². The first-order valence-electron chi connectivity index (χ1n) is 10.0. The van der Waals surface area contributed by atoms with Crippen LogP contribution in [0, 0.1) is 0 Å². The van der Waals surface area contributed by atoms with Gasteiger partial charge in [0.2, 0.25) is 0 Å². The summed E-state index contributed by atoms with van der Waals surface area (Å²) < 4.78 is 5.36. The molecular formula is C23H21N3O4. The van der Waals surface area contributed by atoms with E-state index in [2.05, 4.69) is 4.90 Å². The van der Waals surface area contributed by atoms with Crippen molar-refractivity contribution in [3.63, 3.8) is 0 Å². The molecule has 3 aliphatic heterocycles. The van der Waals surface area contributed by atoms with Gasteiger partial charge in [-0.2, -0.15) is 0 Å². The molecule has 3 heterocycles. The SMILES string of the molecule is O=C1C(N2C(=O)c3ccccc3C2=O)C(c2ccccc2)N1/C=C\N1CCOCC1. The summed E-state index contributed by atoms with van der Waals surface area (Å²) in [6.45, 7) is 2.82. The smallest absolute Gasteiger partial charge is 0.262 e. The lowest BCUT2D eigenvalue weighted by Gasteiger charge is -2.48. The van der Waals surface area contributed by atoms with Crippen LogP contribution in [0.3, 0.4) is 0 Å². The Kier molecular flexibility index (Phi) is 4.59. The normalized spacial score (nSPS) is 23.9. The molecule has 0 bridgehead atoms. The van der Waals surface area contributed by atoms with Crippen molar-refractivity contribution in [1.29, 1.82) is 0 Å². The molecule has 0 radical (unpaired) electrons. The predicted molar refractivity (Wildman–Crippen MR) is 108 cm³/mol. The Morgan fingerprint density at radius 2 is 1.37 bits per heavy atom. The Morgan fingerprint density at radius 3 is 2.00 bits per heavy atom. The molecule has 0 aliphatic carbocycles. The van der Waals surface area contributed by atoms with Crippen LogP contribution in [-0.4, -0.2) is 64.8 Å². The van der Waals surface area contributed by atoms with Gasteiger partial charge in [-0.15, -0.1) is 0 Å². The van der Waals surface area contributed by atoms with Crippen molar-refractivity contribution in [1.82, 2.24) is 14.7 Å². The molecule has 152 valence electrons. The van der Waals surface area contributed by atoms with Crippen molar-refractivity contribution >= 4 is 17.7 Å². The molecule has 2 atom stereocenters. The lowest BCUT2D eigenvalue weighted by Crippen LogP contribution is -2.65. The van der Waals surface area contributed by atoms with Crippen molar-refractivity contribution in [2.75, 3.05) is 26.3 Å². The average molecular weight is 403 g/mol. The number of benzene rings is 2. The Bertz CT molecular complexity index is 995. The monoisotopic (exact) mass is 403 g/mol. The number of β-lactam (4-membered cyclic amide) rings is 1. The minimum atomic E-state index is -0.853. The molecule has 0 spiro atoms. The fourth-order valence-electron chi connectivity index (χ4n) is 4.26. The van der Waals surface area contributed by atoms with Gasteiger partial charge in [0.25, 0.3) is 17.7 Å². The van der Waals surface area contributed by atoms with Gasteiger partial charge >= 0.3 is 0 Å². The van der Waals surface area contributed by atoms with Crippen LogP contribution >= 0.6 is 0 Å². The maximum absolute atomic E-state index is 13.1. The second kappa shape index (κ2) is 7.42. The highest BCUT2D eigenvalue weighted by Gasteiger charge is 2.56. The standard InChI is InChI=1S/C23H21N3O4/c27-21-17-8-4-5-9-18(17)22(28)26(21)20-19(16-6-2-1-3-7-16)25(23(20)29)11-10-24-12-14-30-15-13-24/h1-11,19-20H,12-15H2/b11-10-. The Labute approximate surface area is 174 Å². The molecule has 2 unspecified atom stereocenters. The molecule has 2 aromatic carbocycles. The highest BCUT2D eigenvalue weighted by atomic mass is 16.5. The number of fused-ring (bicyclic) bond motifs is 1. The number of hydrogen-bond donors (Lipinski definition) is 0. The summed E-state index contributed by atoms with van der Waals surface area (Å²) in [4.78, 5) is 43.9. The number of imide groups is 1. The highest BCUT2D eigenvalue weighted by molar-refractivity contribution is 6.23. The molecule has 7 heteroatoms. The second-order valence-electron chi connectivity index (χ2n) is 7.52. The number of hydrogen-bond acceptors (Lipinski definition) is 5. The quantitative estimate of drug-likeness (QED) is 0.577. The van der Waals surface area contributed by atoms with Crippen LogP contribution in [0.2, 0.25) is 0 Å². The van der Waals surface area contributed by atoms with Crippen LogP contribution < -0.4 is 0 Å². The van der Waals surface area contributed by atoms with Gasteiger partial charge in [0.15, 0.2) is 0 Å². The summed E-state index contributed by atoms with van der Waals surface area (Å²) in [5, 5.41) is 0. The van der Waals surface area contributed by atoms with E-state index in [1.54, 1.807) is 35.4 Å². The van der Waals surface area contributed by atoms with Gasteiger partial charge in [0, 0.05) is 25.5 Å². The van der Waals surface area contributed by atoms with E-state index in [1.807, 2.05) is 36.5 Å². The molecule has 2 saturated heterocycles. The maximum Gasteiger partial charge on any atom is 0.262 e. The molecule has 2 aromatic rings. The molecular weight excluding hydrogens is 382 g/mol. The Hall–Kier alpha value is -3.45. The van der Waals surface area contributed by atoms with Crippen LogP contribution in [0.4, 0.5) is 0 Å². The summed E-state index contributed by atoms with van der Waals surface area (Å²) in [6.07, 6.45) is 3.63. The zero-order valence-electron chi connectivity index (χ0n) is 16.3. The summed E-state index contributed by atoms with van der Waals surface area (Å²) in [5.41, 5.74) is 1.58. The van der Waals surface area contributed by atoms with Gasteiger partial charge < -0.3 is 14.5 Å². The minimum Gasteiger partial charge on any atom is -0.378 e. The number of likely N-dealkylation sites (tertiary alicyclic amines) is 1. The summed E-state index contributed by atoms with van der Waals surface area (Å²) in [6, 6.07) is 14.9. The number of carbonyl (C=O) groups excluding carboxylic acids is 3. The molecule has 3 aliphatic rings. The zero-order valence-corrected chi connectivity index (χ0v) is 16.3. The molecule has 7 nitrogen and oxygen atoms in total. The van der Waals surface area contributed by atoms with Crippen LogP contribution in [0.1, 0.15) is 32.3 Å². The van der Waals surface area contributed by atoms with Crippen LogP contribution in [0.25, 0.3) is 0 Å². The zero-order chi connectivity index (χ0) is 20.7. The summed E-state index contributed by atoms with van der Waals surface area (Å²) in [5.74, 6) is -1.08. The van der Waals surface area contributed by atoms with Gasteiger partial charge in [-0.05, 0) is 17.7 Å². The van der Waals surface area contributed by atoms with Crippen molar-refractivity contribution in [3.8, 4) is 0 Å². The first kappa shape index (κ1) is 18.6. The first-order valence-corrected chi connectivity index (χ1v) is 10.0. The van der Waals surface area contributed by atoms with E-state index in [1.165, 1.54) is 0 Å². The number of nitrogens with zero attached hydrogens (tertiary/aromatic N) is 3. The summed E-state index contributed by atoms with van der Waals surface area (Å²) in [7, 11) is 0. The number of carbonyl (C=O) groups is 3. The van der Waals surface area contributed by atoms with E-state index in [0.717, 1.165) is 23.6 Å². The fraction of sp³-hybridized carbons (Fsp3) is 0.261. The first-order chi connectivity index (χ1) is 14.7. The highest BCUT2D eigenvalue weighted by Crippen LogP contribution is 2.41. The third kappa shape index (κ3) is 2.90. The third-order valence-electron chi connectivity index (χ3n) is 5.83. The number of morpholine rings is 1. The van der Waals surface area contributed by atoms with Gasteiger partial charge in [-0.3, -0.25) is 19.3 Å². The number of rotatable bonds is 4. The topological polar surface area (TPSA) is 70.2 Å². The number of amides is 3. The van der Waals surface area contributed by atoms with E-state index < -0.39 is 23.9 Å². The van der Waals surface area contributed by atoms with Crippen molar-refractivity contribution in [3.05, 3.63) is 83.7 Å². The average Bonchev–Trinajstić information content (AvgIpc) is 3.04. The molecule has 0 aromatic heterocycles. The second-order valence-corrected chi connectivity index (χ2v) is 7.52. The lowest BCUT2D eigenvalue weighted by atomic mass is 9.87. The van der Waals surface area contributed by atoms with Crippen LogP contribution in [0.15, 0.2) is 67.0 Å². The molecule has 0 saturated carbocycles. The lowest BCUT2D eigenvalue weighted by molar-refractivity contribution is -0.150. The van der Waals surface area contributed by atoms with Gasteiger partial charge in [-0.25, -0.2) is 0 Å². The van der Waals surface area contributed by atoms with Crippen molar-refractivity contribution in [2.24, 2.45) is 0 Å². The van der Waals surface area contributed by atoms with E-state index in [-0.39, 0.29) is 5.91 Å². The Morgan fingerprint density at radius 1 is 0.767 bits per heavy atom. The molecule has 30 heavy (non-hydrogen) atoms. The fourth-order valence-corrected chi connectivity index (χ4v) is 4.26. The van der Waals surface area contributed by atoms with E-state index in [0.29, 0.717) is 24.3 Å². The largest absolute Gasteiger partial charge is 0.378 e. The van der Waals surface area contributed by atoms with Crippen molar-refractivity contribution in [2.45, 2.75) is 12.1 Å². The molecule has 5 rings (SSSR count). The van der Waals surface area contributed by atoms with E-state index >= 15 is 0 Å². The Balaban J connectivity index is 1.46. The minimum absolute atomic E-state index is 0.261. The van der Waals surface area contributed by atoms with Crippen LogP contribution in [-0.2, 0) is 9.53 Å². The predicted octanol–water partition coefficient (Wildman–Crippen LogP) is 2.04. The summed E-state index contributed by atoms with van der Waals surface area (Å²) >= 11 is 0. The van der Waals surface area contributed by atoms with Gasteiger partial charge in [-0.1, -0.05) is 42.5 Å². The molecule has 3 amide bonds. The van der Waals surface area contributed by atoms with Gasteiger partial charge in [0.05, 0.1) is 30.4 Å². The number of ether oxygens (including phenoxy) is 1. The van der Waals surface area contributed by atoms with Crippen LogP contribution in [0.5, 0.6) is 0 Å². The maximum atomic E-state index is 13.1. The van der Waals surface area contributed by atoms with E-state index in [9.17, 15) is 14.4 Å². The van der Waals surface area contributed by atoms with Gasteiger partial charge in [0.1, 0.15) is 6.04 Å².